The molecule has 0 radical (unpaired) electrons. The van der Waals surface area contributed by atoms with Crippen LogP contribution in [0.1, 0.15) is 10.4 Å². The topological polar surface area (TPSA) is 94.0 Å². The van der Waals surface area contributed by atoms with E-state index in [1.807, 2.05) is 36.4 Å². The molecular weight excluding hydrogens is 240 g/mol. The number of primary amides is 1. The van der Waals surface area contributed by atoms with Gasteiger partial charge in [0.25, 0.3) is 5.91 Å². The third-order valence-corrected chi connectivity index (χ3v) is 2.68. The third kappa shape index (κ3) is 3.08. The van der Waals surface area contributed by atoms with Crippen LogP contribution < -0.4 is 16.8 Å². The minimum Gasteiger partial charge on any atom is -0.366 e. The van der Waals surface area contributed by atoms with Crippen molar-refractivity contribution in [2.24, 2.45) is 11.5 Å². The largest absolute Gasteiger partial charge is 0.366 e. The monoisotopic (exact) mass is 256 g/mol. The summed E-state index contributed by atoms with van der Waals surface area (Å²) in [5.41, 5.74) is 11.9. The second kappa shape index (κ2) is 5.97. The Kier molecular flexibility index (Phi) is 4.10. The molecule has 0 aliphatic heterocycles. The third-order valence-electron chi connectivity index (χ3n) is 2.68. The number of aromatic nitrogens is 1. The first-order valence-corrected chi connectivity index (χ1v) is 6.01. The SMILES string of the molecule is NC/C=C/CNc1nc2ccccc2cc1C(N)=O. The predicted molar refractivity (Wildman–Crippen MR) is 76.9 cm³/mol. The number of amides is 1. The van der Waals surface area contributed by atoms with Crippen molar-refractivity contribution in [2.75, 3.05) is 18.4 Å². The maximum Gasteiger partial charge on any atom is 0.252 e. The van der Waals surface area contributed by atoms with Crippen LogP contribution in [0, 0.1) is 0 Å². The highest BCUT2D eigenvalue weighted by Gasteiger charge is 2.10. The molecule has 2 rings (SSSR count). The van der Waals surface area contributed by atoms with Crippen molar-refractivity contribution in [3.05, 3.63) is 48.0 Å². The molecule has 1 heterocycles. The van der Waals surface area contributed by atoms with Gasteiger partial charge in [-0.25, -0.2) is 4.98 Å². The summed E-state index contributed by atoms with van der Waals surface area (Å²) in [5.74, 6) is -0.00331. The van der Waals surface area contributed by atoms with Gasteiger partial charge in [-0.05, 0) is 12.1 Å². The van der Waals surface area contributed by atoms with Crippen LogP contribution in [0.25, 0.3) is 10.9 Å². The van der Waals surface area contributed by atoms with E-state index in [9.17, 15) is 4.79 Å². The molecule has 5 heteroatoms. The standard InChI is InChI=1S/C14H16N4O/c15-7-3-4-8-17-14-11(13(16)19)9-10-5-1-2-6-12(10)18-14/h1-6,9H,7-8,15H2,(H2,16,19)(H,17,18)/b4-3+. The number of hydrogen-bond acceptors (Lipinski definition) is 4. The molecule has 0 bridgehead atoms. The van der Waals surface area contributed by atoms with Gasteiger partial charge < -0.3 is 16.8 Å². The number of nitrogens with one attached hydrogen (secondary N) is 1. The van der Waals surface area contributed by atoms with Crippen molar-refractivity contribution in [3.63, 3.8) is 0 Å². The maximum absolute atomic E-state index is 11.5. The first kappa shape index (κ1) is 13.0. The molecule has 1 amide bonds. The molecule has 1 aromatic heterocycles. The summed E-state index contributed by atoms with van der Waals surface area (Å²) in [5, 5.41) is 3.96. The van der Waals surface area contributed by atoms with Crippen molar-refractivity contribution in [3.8, 4) is 0 Å². The van der Waals surface area contributed by atoms with Crippen LogP contribution in [0.15, 0.2) is 42.5 Å². The van der Waals surface area contributed by atoms with E-state index in [-0.39, 0.29) is 0 Å². The zero-order valence-electron chi connectivity index (χ0n) is 10.5. The van der Waals surface area contributed by atoms with E-state index in [4.69, 9.17) is 11.5 Å². The molecule has 0 saturated heterocycles. The summed E-state index contributed by atoms with van der Waals surface area (Å²) in [6, 6.07) is 9.33. The van der Waals surface area contributed by atoms with Crippen LogP contribution in [0.2, 0.25) is 0 Å². The molecular formula is C14H16N4O. The lowest BCUT2D eigenvalue weighted by molar-refractivity contribution is 0.100. The van der Waals surface area contributed by atoms with Crippen LogP contribution in [0.4, 0.5) is 5.82 Å². The minimum absolute atomic E-state index is 0.389. The number of carbonyl (C=O) groups excluding carboxylic acids is 1. The fraction of sp³-hybridized carbons (Fsp3) is 0.143. The Hall–Kier alpha value is -2.40. The van der Waals surface area contributed by atoms with Gasteiger partial charge in [0.1, 0.15) is 5.82 Å². The van der Waals surface area contributed by atoms with E-state index in [0.29, 0.717) is 24.5 Å². The first-order chi connectivity index (χ1) is 9.22. The Bertz CT molecular complexity index is 622. The maximum atomic E-state index is 11.5. The molecule has 0 atom stereocenters. The zero-order chi connectivity index (χ0) is 13.7. The molecule has 2 aromatic rings. The van der Waals surface area contributed by atoms with Gasteiger partial charge in [-0.1, -0.05) is 30.4 Å². The van der Waals surface area contributed by atoms with E-state index in [2.05, 4.69) is 10.3 Å². The molecule has 5 N–H and O–H groups in total. The van der Waals surface area contributed by atoms with Crippen molar-refractivity contribution in [1.29, 1.82) is 0 Å². The number of anilines is 1. The Morgan fingerprint density at radius 2 is 2.11 bits per heavy atom. The van der Waals surface area contributed by atoms with E-state index in [1.54, 1.807) is 6.07 Å². The van der Waals surface area contributed by atoms with Crippen molar-refractivity contribution >= 4 is 22.6 Å². The van der Waals surface area contributed by atoms with Gasteiger partial charge in [-0.15, -0.1) is 0 Å². The summed E-state index contributed by atoms with van der Waals surface area (Å²) < 4.78 is 0. The van der Waals surface area contributed by atoms with Crippen molar-refractivity contribution < 1.29 is 4.79 Å². The van der Waals surface area contributed by atoms with Crippen LogP contribution in [0.5, 0.6) is 0 Å². The molecule has 98 valence electrons. The number of nitrogens with zero attached hydrogens (tertiary/aromatic N) is 1. The van der Waals surface area contributed by atoms with E-state index >= 15 is 0 Å². The van der Waals surface area contributed by atoms with Crippen LogP contribution in [-0.4, -0.2) is 24.0 Å². The predicted octanol–water partition coefficient (Wildman–Crippen LogP) is 1.26. The number of carbonyl (C=O) groups is 1. The quantitative estimate of drug-likeness (QED) is 0.702. The van der Waals surface area contributed by atoms with Gasteiger partial charge >= 0.3 is 0 Å². The fourth-order valence-electron chi connectivity index (χ4n) is 1.77. The second-order valence-corrected chi connectivity index (χ2v) is 4.03. The van der Waals surface area contributed by atoms with Gasteiger partial charge in [0.15, 0.2) is 0 Å². The Labute approximate surface area is 111 Å². The number of fused-ring (bicyclic) bond motifs is 1. The average Bonchev–Trinajstić information content (AvgIpc) is 2.42. The number of rotatable bonds is 5. The highest BCUT2D eigenvalue weighted by atomic mass is 16.1. The number of pyridine rings is 1. The zero-order valence-corrected chi connectivity index (χ0v) is 10.5. The Morgan fingerprint density at radius 3 is 2.84 bits per heavy atom. The summed E-state index contributed by atoms with van der Waals surface area (Å²) in [6.45, 7) is 1.03. The highest BCUT2D eigenvalue weighted by molar-refractivity contribution is 6.01. The molecule has 0 aliphatic rings. The van der Waals surface area contributed by atoms with E-state index < -0.39 is 5.91 Å². The van der Waals surface area contributed by atoms with Crippen LogP contribution in [-0.2, 0) is 0 Å². The van der Waals surface area contributed by atoms with Gasteiger partial charge in [0.2, 0.25) is 0 Å². The highest BCUT2D eigenvalue weighted by Crippen LogP contribution is 2.19. The number of benzene rings is 1. The average molecular weight is 256 g/mol. The fourth-order valence-corrected chi connectivity index (χ4v) is 1.77. The van der Waals surface area contributed by atoms with E-state index in [1.165, 1.54) is 0 Å². The summed E-state index contributed by atoms with van der Waals surface area (Å²) in [6.07, 6.45) is 3.71. The lowest BCUT2D eigenvalue weighted by Crippen LogP contribution is -2.16. The summed E-state index contributed by atoms with van der Waals surface area (Å²) in [7, 11) is 0. The van der Waals surface area contributed by atoms with Crippen molar-refractivity contribution in [1.82, 2.24) is 4.98 Å². The summed E-state index contributed by atoms with van der Waals surface area (Å²) in [4.78, 5) is 15.9. The molecule has 19 heavy (non-hydrogen) atoms. The van der Waals surface area contributed by atoms with Gasteiger partial charge in [-0.3, -0.25) is 4.79 Å². The normalized spacial score (nSPS) is 11.0. The molecule has 0 saturated carbocycles. The molecule has 0 spiro atoms. The molecule has 0 fully saturated rings. The van der Waals surface area contributed by atoms with E-state index in [0.717, 1.165) is 10.9 Å². The Morgan fingerprint density at radius 1 is 1.32 bits per heavy atom. The number of hydrogen-bond donors (Lipinski definition) is 3. The molecule has 0 unspecified atom stereocenters. The number of para-hydroxylation sites is 1. The lowest BCUT2D eigenvalue weighted by Gasteiger charge is -2.09. The number of nitrogens with two attached hydrogens (primary N) is 2. The second-order valence-electron chi connectivity index (χ2n) is 4.03. The lowest BCUT2D eigenvalue weighted by atomic mass is 10.1. The minimum atomic E-state index is -0.497. The van der Waals surface area contributed by atoms with Crippen LogP contribution >= 0.6 is 0 Å². The molecule has 5 nitrogen and oxygen atoms in total. The Balaban J connectivity index is 2.36. The summed E-state index contributed by atoms with van der Waals surface area (Å²) >= 11 is 0. The van der Waals surface area contributed by atoms with Gasteiger partial charge in [-0.2, -0.15) is 0 Å². The van der Waals surface area contributed by atoms with Gasteiger partial charge in [0, 0.05) is 18.5 Å². The molecule has 0 aliphatic carbocycles. The van der Waals surface area contributed by atoms with Crippen molar-refractivity contribution in [2.45, 2.75) is 0 Å². The molecule has 1 aromatic carbocycles. The van der Waals surface area contributed by atoms with Crippen LogP contribution in [0.3, 0.4) is 0 Å². The smallest absolute Gasteiger partial charge is 0.252 e. The first-order valence-electron chi connectivity index (χ1n) is 6.01. The van der Waals surface area contributed by atoms with Gasteiger partial charge in [0.05, 0.1) is 11.1 Å².